The Balaban J connectivity index is 4.72. The summed E-state index contributed by atoms with van der Waals surface area (Å²) >= 11 is 0. The van der Waals surface area contributed by atoms with E-state index in [2.05, 4.69) is 62.5 Å². The van der Waals surface area contributed by atoms with Gasteiger partial charge in [0.1, 0.15) is 6.10 Å². The lowest BCUT2D eigenvalue weighted by Crippen LogP contribution is -2.46. The van der Waals surface area contributed by atoms with E-state index in [1.54, 1.807) is 0 Å². The molecular formula is C51H85NO5. The van der Waals surface area contributed by atoms with Gasteiger partial charge in [0, 0.05) is 6.42 Å². The summed E-state index contributed by atoms with van der Waals surface area (Å²) in [6.07, 6.45) is 57.5. The number of hydrogen-bond acceptors (Lipinski definition) is 5. The first-order valence-electron chi connectivity index (χ1n) is 23.1. The molecule has 0 bridgehead atoms. The van der Waals surface area contributed by atoms with Crippen LogP contribution in [0, 0.1) is 0 Å². The molecule has 6 nitrogen and oxygen atoms in total. The maximum absolute atomic E-state index is 13.1. The van der Waals surface area contributed by atoms with Crippen molar-refractivity contribution in [2.75, 3.05) is 6.61 Å². The van der Waals surface area contributed by atoms with Crippen molar-refractivity contribution in [3.05, 3.63) is 97.2 Å². The number of carbonyl (C=O) groups excluding carboxylic acids is 2. The Hall–Kier alpha value is -3.22. The molecule has 1 amide bonds. The van der Waals surface area contributed by atoms with Gasteiger partial charge in [-0.15, -0.1) is 0 Å². The molecule has 0 aliphatic heterocycles. The summed E-state index contributed by atoms with van der Waals surface area (Å²) in [5.41, 5.74) is 0. The fourth-order valence-electron chi connectivity index (χ4n) is 6.39. The van der Waals surface area contributed by atoms with E-state index < -0.39 is 18.2 Å². The third kappa shape index (κ3) is 39.4. The van der Waals surface area contributed by atoms with Gasteiger partial charge in [0.15, 0.2) is 0 Å². The van der Waals surface area contributed by atoms with Crippen LogP contribution in [0.5, 0.6) is 0 Å². The van der Waals surface area contributed by atoms with Gasteiger partial charge in [0.2, 0.25) is 5.91 Å². The molecule has 3 N–H and O–H groups in total. The molecule has 0 aliphatic rings. The maximum atomic E-state index is 13.1. The largest absolute Gasteiger partial charge is 0.462 e. The highest BCUT2D eigenvalue weighted by atomic mass is 16.5. The van der Waals surface area contributed by atoms with E-state index in [0.29, 0.717) is 19.3 Å². The van der Waals surface area contributed by atoms with Crippen LogP contribution in [0.3, 0.4) is 0 Å². The van der Waals surface area contributed by atoms with Gasteiger partial charge in [-0.1, -0.05) is 208 Å². The van der Waals surface area contributed by atoms with Crippen LogP contribution in [0.2, 0.25) is 0 Å². The van der Waals surface area contributed by atoms with Gasteiger partial charge in [0.05, 0.1) is 25.2 Å². The number of esters is 1. The first kappa shape index (κ1) is 53.8. The zero-order chi connectivity index (χ0) is 41.7. The Kier molecular flexibility index (Phi) is 41.4. The summed E-state index contributed by atoms with van der Waals surface area (Å²) in [5.74, 6) is -0.570. The quantitative estimate of drug-likeness (QED) is 0.0327. The zero-order valence-corrected chi connectivity index (χ0v) is 36.7. The molecule has 0 rings (SSSR count). The number of aliphatic hydroxyl groups is 2. The van der Waals surface area contributed by atoms with Crippen molar-refractivity contribution in [1.29, 1.82) is 0 Å². The number of hydrogen-bond donors (Lipinski definition) is 3. The van der Waals surface area contributed by atoms with E-state index in [0.717, 1.165) is 83.5 Å². The van der Waals surface area contributed by atoms with Gasteiger partial charge < -0.3 is 20.3 Å². The van der Waals surface area contributed by atoms with Gasteiger partial charge in [-0.3, -0.25) is 9.59 Å². The van der Waals surface area contributed by atoms with Crippen molar-refractivity contribution < 1.29 is 24.5 Å². The van der Waals surface area contributed by atoms with Gasteiger partial charge in [-0.2, -0.15) is 0 Å². The second-order valence-corrected chi connectivity index (χ2v) is 15.2. The SMILES string of the molecule is CC/C=C/C=C/C=C\C=C/C=C/CCCCCC(=O)OC(CCCCC\C=C/C=C/C=C/CC)CC(=O)NC(CO)C(O)CCCCCCCCCCCCCC. The molecule has 0 aromatic rings. The average Bonchev–Trinajstić information content (AvgIpc) is 3.20. The monoisotopic (exact) mass is 792 g/mol. The fraction of sp³-hybridized carbons (Fsp3) is 0.647. The number of ether oxygens (including phenoxy) is 1. The van der Waals surface area contributed by atoms with Crippen molar-refractivity contribution in [2.45, 2.75) is 206 Å². The molecule has 3 unspecified atom stereocenters. The summed E-state index contributed by atoms with van der Waals surface area (Å²) in [5, 5.41) is 23.6. The van der Waals surface area contributed by atoms with E-state index >= 15 is 0 Å². The number of nitrogens with one attached hydrogen (secondary N) is 1. The van der Waals surface area contributed by atoms with Crippen molar-refractivity contribution in [3.8, 4) is 0 Å². The van der Waals surface area contributed by atoms with E-state index in [-0.39, 0.29) is 24.9 Å². The lowest BCUT2D eigenvalue weighted by atomic mass is 10.0. The Morgan fingerprint density at radius 2 is 0.947 bits per heavy atom. The number of carbonyl (C=O) groups is 2. The number of aliphatic hydroxyl groups excluding tert-OH is 2. The molecule has 0 aliphatic carbocycles. The Bertz CT molecular complexity index is 1160. The van der Waals surface area contributed by atoms with Gasteiger partial charge in [-0.05, 0) is 64.2 Å². The second-order valence-electron chi connectivity index (χ2n) is 15.2. The van der Waals surface area contributed by atoms with Crippen LogP contribution in [-0.4, -0.2) is 46.9 Å². The topological polar surface area (TPSA) is 95.9 Å². The minimum Gasteiger partial charge on any atom is -0.462 e. The molecule has 0 aromatic heterocycles. The van der Waals surface area contributed by atoms with Gasteiger partial charge in [-0.25, -0.2) is 0 Å². The molecule has 0 radical (unpaired) electrons. The van der Waals surface area contributed by atoms with Crippen LogP contribution < -0.4 is 5.32 Å². The average molecular weight is 792 g/mol. The van der Waals surface area contributed by atoms with Crippen molar-refractivity contribution in [3.63, 3.8) is 0 Å². The molecule has 0 aromatic carbocycles. The van der Waals surface area contributed by atoms with E-state index in [1.165, 1.54) is 57.8 Å². The standard InChI is InChI=1S/C51H85NO5/c1-4-7-10-13-16-19-22-24-25-26-29-32-35-38-41-44-51(56)57-47(42-39-36-33-30-27-21-18-15-12-9-6-3)45-50(55)52-48(46-53)49(54)43-40-37-34-31-28-23-20-17-14-11-8-5-2/h7,9-10,12-13,15-16,18-19,21-22,24-27,29,47-49,53-54H,4-6,8,11,14,17,20,23,28,30-46H2,1-3H3,(H,52,55)/b10-7+,12-9+,16-13+,18-15+,22-19-,25-24-,27-21-,29-26+. The van der Waals surface area contributed by atoms with Crippen molar-refractivity contribution in [1.82, 2.24) is 5.32 Å². The molecule has 0 saturated heterocycles. The third-order valence-electron chi connectivity index (χ3n) is 9.85. The third-order valence-corrected chi connectivity index (χ3v) is 9.85. The lowest BCUT2D eigenvalue weighted by molar-refractivity contribution is -0.151. The molecular weight excluding hydrogens is 707 g/mol. The highest BCUT2D eigenvalue weighted by molar-refractivity contribution is 5.77. The van der Waals surface area contributed by atoms with Crippen LogP contribution in [0.15, 0.2) is 97.2 Å². The maximum Gasteiger partial charge on any atom is 0.306 e. The van der Waals surface area contributed by atoms with Crippen LogP contribution >= 0.6 is 0 Å². The van der Waals surface area contributed by atoms with Crippen LogP contribution in [0.4, 0.5) is 0 Å². The van der Waals surface area contributed by atoms with Gasteiger partial charge >= 0.3 is 5.97 Å². The Labute approximate surface area is 350 Å². The molecule has 324 valence electrons. The fourth-order valence-corrected chi connectivity index (χ4v) is 6.39. The molecule has 6 heteroatoms. The highest BCUT2D eigenvalue weighted by Gasteiger charge is 2.24. The van der Waals surface area contributed by atoms with Crippen molar-refractivity contribution >= 4 is 11.9 Å². The number of rotatable bonds is 39. The van der Waals surface area contributed by atoms with E-state index in [9.17, 15) is 19.8 Å². The normalized spacial score (nSPS) is 14.3. The summed E-state index contributed by atoms with van der Waals surface area (Å²) in [6.45, 7) is 6.16. The zero-order valence-electron chi connectivity index (χ0n) is 36.7. The molecule has 57 heavy (non-hydrogen) atoms. The van der Waals surface area contributed by atoms with Crippen LogP contribution in [0.25, 0.3) is 0 Å². The summed E-state index contributed by atoms with van der Waals surface area (Å²) in [6, 6.07) is -0.726. The lowest BCUT2D eigenvalue weighted by Gasteiger charge is -2.24. The predicted molar refractivity (Wildman–Crippen MR) is 245 cm³/mol. The molecule has 0 spiro atoms. The summed E-state index contributed by atoms with van der Waals surface area (Å²) < 4.78 is 5.86. The molecule has 0 fully saturated rings. The molecule has 3 atom stereocenters. The highest BCUT2D eigenvalue weighted by Crippen LogP contribution is 2.17. The smallest absolute Gasteiger partial charge is 0.306 e. The predicted octanol–water partition coefficient (Wildman–Crippen LogP) is 13.4. The van der Waals surface area contributed by atoms with E-state index in [4.69, 9.17) is 4.74 Å². The number of unbranched alkanes of at least 4 members (excludes halogenated alkanes) is 17. The minimum atomic E-state index is -0.809. The minimum absolute atomic E-state index is 0.0310. The van der Waals surface area contributed by atoms with Crippen molar-refractivity contribution in [2.24, 2.45) is 0 Å². The van der Waals surface area contributed by atoms with E-state index in [1.807, 2.05) is 60.8 Å². The summed E-state index contributed by atoms with van der Waals surface area (Å²) in [4.78, 5) is 26.0. The second kappa shape index (κ2) is 43.9. The molecule has 0 heterocycles. The van der Waals surface area contributed by atoms with Crippen LogP contribution in [0.1, 0.15) is 188 Å². The molecule has 0 saturated carbocycles. The van der Waals surface area contributed by atoms with Crippen LogP contribution in [-0.2, 0) is 14.3 Å². The Morgan fingerprint density at radius 3 is 1.44 bits per heavy atom. The summed E-state index contributed by atoms with van der Waals surface area (Å²) in [7, 11) is 0. The Morgan fingerprint density at radius 1 is 0.526 bits per heavy atom. The first-order valence-corrected chi connectivity index (χ1v) is 23.1. The number of allylic oxidation sites excluding steroid dienone is 16. The number of amides is 1. The first-order chi connectivity index (χ1) is 28.0. The van der Waals surface area contributed by atoms with Gasteiger partial charge in [0.25, 0.3) is 0 Å².